The molecule has 2 aromatic carbocycles. The Kier molecular flexibility index (Phi) is 4.28. The predicted octanol–water partition coefficient (Wildman–Crippen LogP) is 2.88. The molecule has 0 fully saturated rings. The van der Waals surface area contributed by atoms with E-state index in [0.29, 0.717) is 47.3 Å². The van der Waals surface area contributed by atoms with Crippen LogP contribution in [0, 0.1) is 13.8 Å². The molecule has 3 rings (SSSR count). The summed E-state index contributed by atoms with van der Waals surface area (Å²) in [5.41, 5.74) is 1.67. The summed E-state index contributed by atoms with van der Waals surface area (Å²) >= 11 is 0. The molecule has 7 heteroatoms. The Hall–Kier alpha value is -2.41. The van der Waals surface area contributed by atoms with E-state index in [2.05, 4.69) is 4.72 Å². The van der Waals surface area contributed by atoms with Crippen LogP contribution in [0.1, 0.15) is 11.1 Å². The van der Waals surface area contributed by atoms with Crippen molar-refractivity contribution in [3.05, 3.63) is 41.5 Å². The van der Waals surface area contributed by atoms with Gasteiger partial charge in [-0.05, 0) is 49.2 Å². The molecule has 0 aliphatic carbocycles. The highest BCUT2D eigenvalue weighted by atomic mass is 32.2. The number of methoxy groups -OCH3 is 1. The molecule has 128 valence electrons. The Labute approximate surface area is 141 Å². The van der Waals surface area contributed by atoms with Gasteiger partial charge in [-0.15, -0.1) is 0 Å². The molecule has 6 nitrogen and oxygen atoms in total. The van der Waals surface area contributed by atoms with E-state index in [-0.39, 0.29) is 4.90 Å². The van der Waals surface area contributed by atoms with E-state index < -0.39 is 10.0 Å². The van der Waals surface area contributed by atoms with Crippen LogP contribution in [-0.2, 0) is 10.0 Å². The molecular formula is C17H19NO5S. The molecule has 1 aliphatic heterocycles. The lowest BCUT2D eigenvalue weighted by atomic mass is 10.1. The summed E-state index contributed by atoms with van der Waals surface area (Å²) in [6.07, 6.45) is 0. The number of benzene rings is 2. The molecule has 0 atom stereocenters. The summed E-state index contributed by atoms with van der Waals surface area (Å²) in [6, 6.07) is 8.37. The second-order valence-corrected chi connectivity index (χ2v) is 7.17. The number of rotatable bonds is 4. The second-order valence-electron chi connectivity index (χ2n) is 5.55. The van der Waals surface area contributed by atoms with Crippen LogP contribution in [-0.4, -0.2) is 28.7 Å². The summed E-state index contributed by atoms with van der Waals surface area (Å²) in [5.74, 6) is 1.77. The molecule has 0 spiro atoms. The van der Waals surface area contributed by atoms with Gasteiger partial charge in [-0.25, -0.2) is 8.42 Å². The average Bonchev–Trinajstić information content (AvgIpc) is 2.53. The number of anilines is 1. The number of hydrogen-bond acceptors (Lipinski definition) is 5. The molecule has 0 radical (unpaired) electrons. The van der Waals surface area contributed by atoms with Gasteiger partial charge in [-0.2, -0.15) is 0 Å². The largest absolute Gasteiger partial charge is 0.497 e. The first-order valence-electron chi connectivity index (χ1n) is 7.48. The fourth-order valence-electron chi connectivity index (χ4n) is 2.77. The normalized spacial score (nSPS) is 13.5. The van der Waals surface area contributed by atoms with Crippen molar-refractivity contribution in [1.82, 2.24) is 0 Å². The summed E-state index contributed by atoms with van der Waals surface area (Å²) in [4.78, 5) is 0.248. The van der Waals surface area contributed by atoms with E-state index in [4.69, 9.17) is 14.2 Å². The van der Waals surface area contributed by atoms with Gasteiger partial charge in [0.25, 0.3) is 10.0 Å². The first-order chi connectivity index (χ1) is 11.4. The molecule has 0 bridgehead atoms. The lowest BCUT2D eigenvalue weighted by molar-refractivity contribution is 0.171. The van der Waals surface area contributed by atoms with Crippen molar-refractivity contribution in [3.8, 4) is 17.2 Å². The topological polar surface area (TPSA) is 73.9 Å². The zero-order chi connectivity index (χ0) is 17.3. The van der Waals surface area contributed by atoms with E-state index in [9.17, 15) is 8.42 Å². The molecule has 1 N–H and O–H groups in total. The van der Waals surface area contributed by atoms with Crippen LogP contribution in [0.4, 0.5) is 5.69 Å². The van der Waals surface area contributed by atoms with Crippen LogP contribution < -0.4 is 18.9 Å². The molecular weight excluding hydrogens is 330 g/mol. The van der Waals surface area contributed by atoms with Gasteiger partial charge >= 0.3 is 0 Å². The lowest BCUT2D eigenvalue weighted by Crippen LogP contribution is -2.17. The van der Waals surface area contributed by atoms with Crippen LogP contribution in [0.3, 0.4) is 0 Å². The summed E-state index contributed by atoms with van der Waals surface area (Å²) in [7, 11) is -2.18. The number of aryl methyl sites for hydroxylation is 2. The summed E-state index contributed by atoms with van der Waals surface area (Å²) in [5, 5.41) is 0. The van der Waals surface area contributed by atoms with E-state index in [0.717, 1.165) is 0 Å². The van der Waals surface area contributed by atoms with Crippen molar-refractivity contribution >= 4 is 15.7 Å². The van der Waals surface area contributed by atoms with E-state index in [1.807, 2.05) is 0 Å². The van der Waals surface area contributed by atoms with Gasteiger partial charge in [0.1, 0.15) is 19.0 Å². The van der Waals surface area contributed by atoms with E-state index >= 15 is 0 Å². The van der Waals surface area contributed by atoms with Crippen molar-refractivity contribution in [2.75, 3.05) is 25.0 Å². The Morgan fingerprint density at radius 3 is 2.25 bits per heavy atom. The maximum atomic E-state index is 12.8. The van der Waals surface area contributed by atoms with E-state index in [1.54, 1.807) is 51.3 Å². The fourth-order valence-corrected chi connectivity index (χ4v) is 4.27. The monoisotopic (exact) mass is 349 g/mol. The maximum absolute atomic E-state index is 12.8. The Balaban J connectivity index is 1.95. The minimum absolute atomic E-state index is 0.248. The predicted molar refractivity (Wildman–Crippen MR) is 90.7 cm³/mol. The number of ether oxygens (including phenoxy) is 3. The number of sulfonamides is 1. The van der Waals surface area contributed by atoms with Gasteiger partial charge in [0.05, 0.1) is 17.7 Å². The van der Waals surface area contributed by atoms with Crippen LogP contribution in [0.2, 0.25) is 0 Å². The van der Waals surface area contributed by atoms with Gasteiger partial charge < -0.3 is 14.2 Å². The third-order valence-corrected chi connectivity index (χ3v) is 5.42. The highest BCUT2D eigenvalue weighted by Crippen LogP contribution is 2.34. The number of hydrogen-bond donors (Lipinski definition) is 1. The van der Waals surface area contributed by atoms with E-state index in [1.165, 1.54) is 0 Å². The van der Waals surface area contributed by atoms with Crippen LogP contribution in [0.5, 0.6) is 17.2 Å². The molecule has 0 saturated carbocycles. The summed E-state index contributed by atoms with van der Waals surface area (Å²) in [6.45, 7) is 4.42. The van der Waals surface area contributed by atoms with Crippen molar-refractivity contribution < 1.29 is 22.6 Å². The van der Waals surface area contributed by atoms with Gasteiger partial charge in [0.2, 0.25) is 0 Å². The van der Waals surface area contributed by atoms with Gasteiger partial charge in [0.15, 0.2) is 11.5 Å². The number of nitrogens with one attached hydrogen (secondary N) is 1. The SMILES string of the molecule is COc1cc(C)c(S(=O)(=O)Nc2ccc3c(c2)OCCO3)c(C)c1. The molecule has 1 aliphatic rings. The zero-order valence-corrected chi connectivity index (χ0v) is 14.6. The minimum atomic E-state index is -3.73. The first kappa shape index (κ1) is 16.4. The second kappa shape index (κ2) is 6.24. The molecule has 0 aromatic heterocycles. The fraction of sp³-hybridized carbons (Fsp3) is 0.294. The van der Waals surface area contributed by atoms with Gasteiger partial charge in [-0.3, -0.25) is 4.72 Å². The maximum Gasteiger partial charge on any atom is 0.262 e. The molecule has 24 heavy (non-hydrogen) atoms. The van der Waals surface area contributed by atoms with Gasteiger partial charge in [0, 0.05) is 6.07 Å². The zero-order valence-electron chi connectivity index (χ0n) is 13.8. The smallest absolute Gasteiger partial charge is 0.262 e. The average molecular weight is 349 g/mol. The first-order valence-corrected chi connectivity index (χ1v) is 8.97. The van der Waals surface area contributed by atoms with Crippen LogP contribution in [0.15, 0.2) is 35.2 Å². The van der Waals surface area contributed by atoms with Gasteiger partial charge in [-0.1, -0.05) is 0 Å². The Morgan fingerprint density at radius 1 is 1.00 bits per heavy atom. The quantitative estimate of drug-likeness (QED) is 0.919. The highest BCUT2D eigenvalue weighted by Gasteiger charge is 2.22. The van der Waals surface area contributed by atoms with Crippen LogP contribution in [0.25, 0.3) is 0 Å². The lowest BCUT2D eigenvalue weighted by Gasteiger charge is -2.19. The Morgan fingerprint density at radius 2 is 1.62 bits per heavy atom. The van der Waals surface area contributed by atoms with Crippen LogP contribution >= 0.6 is 0 Å². The van der Waals surface area contributed by atoms with Crippen molar-refractivity contribution in [1.29, 1.82) is 0 Å². The number of fused-ring (bicyclic) bond motifs is 1. The molecule has 0 saturated heterocycles. The third-order valence-electron chi connectivity index (χ3n) is 3.73. The molecule has 2 aromatic rings. The minimum Gasteiger partial charge on any atom is -0.497 e. The molecule has 0 unspecified atom stereocenters. The van der Waals surface area contributed by atoms with Crippen molar-refractivity contribution in [2.45, 2.75) is 18.7 Å². The molecule has 0 amide bonds. The Bertz CT molecular complexity index is 854. The third kappa shape index (κ3) is 3.12. The highest BCUT2D eigenvalue weighted by molar-refractivity contribution is 7.92. The van der Waals surface area contributed by atoms with Crippen molar-refractivity contribution in [2.24, 2.45) is 0 Å². The molecule has 1 heterocycles. The standard InChI is InChI=1S/C17H19NO5S/c1-11-8-14(21-3)9-12(2)17(11)24(19,20)18-13-4-5-15-16(10-13)23-7-6-22-15/h4-5,8-10,18H,6-7H2,1-3H3. The summed E-state index contributed by atoms with van der Waals surface area (Å²) < 4.78 is 44.3. The van der Waals surface area contributed by atoms with Crippen molar-refractivity contribution in [3.63, 3.8) is 0 Å².